The van der Waals surface area contributed by atoms with Gasteiger partial charge in [0, 0.05) is 71.4 Å². The number of hydrogen-bond donors (Lipinski definition) is 0. The van der Waals surface area contributed by atoms with Gasteiger partial charge in [-0.2, -0.15) is 0 Å². The fraction of sp³-hybridized carbons (Fsp3) is 0.333. The number of rotatable bonds is 6. The lowest BCUT2D eigenvalue weighted by Crippen LogP contribution is -3.00. The summed E-state index contributed by atoms with van der Waals surface area (Å²) in [7, 11) is -0.676. The van der Waals surface area contributed by atoms with Crippen LogP contribution in [0, 0.1) is 10.8 Å². The molecule has 0 N–H and O–H groups in total. The van der Waals surface area contributed by atoms with E-state index in [1.54, 1.807) is 0 Å². The van der Waals surface area contributed by atoms with Crippen LogP contribution in [0.4, 0.5) is 0 Å². The van der Waals surface area contributed by atoms with E-state index in [1.165, 1.54) is 32.7 Å². The van der Waals surface area contributed by atoms with E-state index in [9.17, 15) is 0 Å². The Bertz CT molecular complexity index is 1630. The molecule has 6 nitrogen and oxygen atoms in total. The van der Waals surface area contributed by atoms with Crippen molar-refractivity contribution in [3.05, 3.63) is 109 Å². The van der Waals surface area contributed by atoms with E-state index in [4.69, 9.17) is 18.6 Å². The van der Waals surface area contributed by atoms with E-state index in [0.717, 1.165) is 24.0 Å². The molecule has 2 saturated heterocycles. The molecule has 2 aromatic heterocycles. The number of fused-ring (bicyclic) bond motifs is 2. The number of aromatic nitrogens is 2. The molecule has 0 atom stereocenters. The van der Waals surface area contributed by atoms with Crippen LogP contribution in [0.25, 0.3) is 21.5 Å². The van der Waals surface area contributed by atoms with Gasteiger partial charge in [-0.25, -0.2) is 9.13 Å². The summed E-state index contributed by atoms with van der Waals surface area (Å²) < 4.78 is 28.9. The second-order valence-corrected chi connectivity index (χ2v) is 13.9. The van der Waals surface area contributed by atoms with E-state index in [1.807, 2.05) is 0 Å². The second kappa shape index (κ2) is 14.0. The minimum absolute atomic E-state index is 0. The molecule has 0 spiro atoms. The van der Waals surface area contributed by atoms with Gasteiger partial charge in [-0.1, -0.05) is 88.4 Å². The summed E-state index contributed by atoms with van der Waals surface area (Å²) in [6, 6.07) is 26.0. The van der Waals surface area contributed by atoms with Crippen molar-refractivity contribution in [3.63, 3.8) is 0 Å². The van der Waals surface area contributed by atoms with Crippen molar-refractivity contribution in [3.8, 4) is 0 Å². The third-order valence-electron chi connectivity index (χ3n) is 8.64. The third-order valence-corrected chi connectivity index (χ3v) is 8.64. The highest BCUT2D eigenvalue weighted by atomic mass is 35.5. The molecule has 0 unspecified atom stereocenters. The van der Waals surface area contributed by atoms with Crippen LogP contribution in [0.2, 0.25) is 0 Å². The van der Waals surface area contributed by atoms with Crippen LogP contribution >= 0.6 is 0 Å². The Labute approximate surface area is 285 Å². The summed E-state index contributed by atoms with van der Waals surface area (Å²) >= 11 is 0. The fourth-order valence-electron chi connectivity index (χ4n) is 6.34. The van der Waals surface area contributed by atoms with Crippen LogP contribution in [0.3, 0.4) is 0 Å². The molecule has 2 aliphatic heterocycles. The van der Waals surface area contributed by atoms with Gasteiger partial charge in [0.05, 0.1) is 0 Å². The highest BCUT2D eigenvalue weighted by Gasteiger charge is 2.36. The topological polar surface area (TPSA) is 44.7 Å². The normalized spacial score (nSPS) is 17.4. The molecule has 0 radical (unpaired) electrons. The Morgan fingerprint density at radius 3 is 1.17 bits per heavy atom. The van der Waals surface area contributed by atoms with Crippen LogP contribution in [0.1, 0.15) is 38.8 Å². The third kappa shape index (κ3) is 7.28. The predicted octanol–water partition coefficient (Wildman–Crippen LogP) is -1.79. The number of halogens is 2. The maximum absolute atomic E-state index is 6.10. The SMILES string of the molecule is CC1(C)COB(c2ccc[n+](Cc3c4ccccc4c(C[n+]4cccc(B5OCC(C)(C)CO5)c4)c4ccccc34)c2)OC1.[Cl-].[Cl-]. The Hall–Kier alpha value is -2.97. The van der Waals surface area contributed by atoms with Crippen molar-refractivity contribution in [1.82, 2.24) is 0 Å². The van der Waals surface area contributed by atoms with Crippen molar-refractivity contribution < 1.29 is 52.6 Å². The predicted molar refractivity (Wildman–Crippen MR) is 175 cm³/mol. The zero-order valence-electron chi connectivity index (χ0n) is 26.9. The van der Waals surface area contributed by atoms with Gasteiger partial charge in [0.1, 0.15) is 0 Å². The van der Waals surface area contributed by atoms with Crippen LogP contribution in [0.15, 0.2) is 97.6 Å². The molecule has 4 heterocycles. The highest BCUT2D eigenvalue weighted by Crippen LogP contribution is 2.33. The summed E-state index contributed by atoms with van der Waals surface area (Å²) in [5, 5.41) is 5.07. The van der Waals surface area contributed by atoms with Gasteiger partial charge in [0.15, 0.2) is 37.9 Å². The molecule has 7 rings (SSSR count). The van der Waals surface area contributed by atoms with Crippen LogP contribution in [-0.4, -0.2) is 40.7 Å². The van der Waals surface area contributed by atoms with Gasteiger partial charge in [-0.3, -0.25) is 0 Å². The van der Waals surface area contributed by atoms with Crippen molar-refractivity contribution in [1.29, 1.82) is 0 Å². The fourth-order valence-corrected chi connectivity index (χ4v) is 6.34. The summed E-state index contributed by atoms with van der Waals surface area (Å²) in [6.45, 7) is 12.9. The minimum Gasteiger partial charge on any atom is -1.00 e. The molecule has 2 fully saturated rings. The zero-order valence-corrected chi connectivity index (χ0v) is 28.4. The van der Waals surface area contributed by atoms with Crippen LogP contribution < -0.4 is 44.9 Å². The largest absolute Gasteiger partial charge is 1.00 e. The maximum atomic E-state index is 6.10. The van der Waals surface area contributed by atoms with E-state index in [2.05, 4.69) is 134 Å². The molecule has 5 aromatic rings. The lowest BCUT2D eigenvalue weighted by atomic mass is 9.77. The van der Waals surface area contributed by atoms with Crippen molar-refractivity contribution in [2.75, 3.05) is 26.4 Å². The minimum atomic E-state index is -0.338. The molecular formula is C36H40B2Cl2N2O4. The number of benzene rings is 3. The Morgan fingerprint density at radius 2 is 0.848 bits per heavy atom. The van der Waals surface area contributed by atoms with E-state index in [0.29, 0.717) is 26.4 Å². The van der Waals surface area contributed by atoms with E-state index in [-0.39, 0.29) is 49.9 Å². The smallest absolute Gasteiger partial charge is 0.500 e. The summed E-state index contributed by atoms with van der Waals surface area (Å²) in [4.78, 5) is 0. The Balaban J connectivity index is 0.00000208. The standard InChI is InChI=1S/C36H40B2N2O4.2ClH/c1-35(2)23-41-37(42-24-35)27-11-9-17-39(19-27)21-33-29-13-5-7-15-31(29)34(32-16-8-6-14-30(32)33)22-40-18-10-12-28(20-40)38-43-25-36(3,4)26-44-38;;/h5-20H,21-26H2,1-4H3;2*1H/q+2;;/p-2. The van der Waals surface area contributed by atoms with Crippen molar-refractivity contribution in [2.45, 2.75) is 40.8 Å². The Morgan fingerprint density at radius 1 is 0.522 bits per heavy atom. The number of hydrogen-bond acceptors (Lipinski definition) is 4. The summed E-state index contributed by atoms with van der Waals surface area (Å²) in [5.74, 6) is 0. The highest BCUT2D eigenvalue weighted by molar-refractivity contribution is 6.61. The van der Waals surface area contributed by atoms with E-state index >= 15 is 0 Å². The Kier molecular flexibility index (Phi) is 10.5. The monoisotopic (exact) mass is 656 g/mol. The molecule has 0 amide bonds. The first-order valence-corrected chi connectivity index (χ1v) is 15.6. The molecular weight excluding hydrogens is 617 g/mol. The summed E-state index contributed by atoms with van der Waals surface area (Å²) in [6.07, 6.45) is 8.59. The zero-order chi connectivity index (χ0) is 30.3. The quantitative estimate of drug-likeness (QED) is 0.123. The van der Waals surface area contributed by atoms with Gasteiger partial charge < -0.3 is 43.4 Å². The van der Waals surface area contributed by atoms with Gasteiger partial charge in [-0.05, 0) is 21.5 Å². The average molecular weight is 657 g/mol. The first-order valence-electron chi connectivity index (χ1n) is 15.6. The van der Waals surface area contributed by atoms with Gasteiger partial charge >= 0.3 is 14.2 Å². The molecule has 0 bridgehead atoms. The maximum Gasteiger partial charge on any atom is 0.500 e. The average Bonchev–Trinajstić information content (AvgIpc) is 3.03. The number of pyridine rings is 2. The molecule has 0 saturated carbocycles. The van der Waals surface area contributed by atoms with Crippen LogP contribution in [0.5, 0.6) is 0 Å². The van der Waals surface area contributed by atoms with Gasteiger partial charge in [0.2, 0.25) is 0 Å². The van der Waals surface area contributed by atoms with Gasteiger partial charge in [0.25, 0.3) is 0 Å². The molecule has 3 aromatic carbocycles. The van der Waals surface area contributed by atoms with E-state index < -0.39 is 0 Å². The lowest BCUT2D eigenvalue weighted by molar-refractivity contribution is -0.687. The van der Waals surface area contributed by atoms with Gasteiger partial charge in [-0.15, -0.1) is 0 Å². The summed E-state index contributed by atoms with van der Waals surface area (Å²) in [5.41, 5.74) is 4.76. The van der Waals surface area contributed by atoms with Crippen molar-refractivity contribution in [2.24, 2.45) is 10.8 Å². The first-order chi connectivity index (χ1) is 21.2. The molecule has 0 aliphatic carbocycles. The first kappa shape index (κ1) is 34.4. The van der Waals surface area contributed by atoms with Crippen LogP contribution in [-0.2, 0) is 31.7 Å². The molecule has 46 heavy (non-hydrogen) atoms. The number of nitrogens with zero attached hydrogens (tertiary/aromatic N) is 2. The second-order valence-electron chi connectivity index (χ2n) is 13.9. The molecule has 238 valence electrons. The molecule has 10 heteroatoms. The lowest BCUT2D eigenvalue weighted by Gasteiger charge is -2.32. The van der Waals surface area contributed by atoms with Crippen molar-refractivity contribution >= 4 is 46.7 Å². The molecule has 2 aliphatic rings.